The second kappa shape index (κ2) is 12.2. The van der Waals surface area contributed by atoms with Crippen LogP contribution in [0.25, 0.3) is 11.1 Å². The molecule has 2 nitrogen and oxygen atoms in total. The Morgan fingerprint density at radius 3 is 1.43 bits per heavy atom. The van der Waals surface area contributed by atoms with Crippen molar-refractivity contribution in [2.75, 3.05) is 0 Å². The Kier molecular flexibility index (Phi) is 9.06. The number of rotatable bonds is 4. The molecule has 4 aromatic carbocycles. The first-order chi connectivity index (χ1) is 16.8. The molecule has 6 rings (SSSR count). The molecule has 35 heavy (non-hydrogen) atoms. The first-order valence-corrected chi connectivity index (χ1v) is 13.8. The van der Waals surface area contributed by atoms with E-state index in [4.69, 9.17) is 0 Å². The van der Waals surface area contributed by atoms with Crippen LogP contribution in [0.3, 0.4) is 0 Å². The zero-order valence-corrected chi connectivity index (χ0v) is 22.6. The first kappa shape index (κ1) is 26.0. The first-order valence-electron chi connectivity index (χ1n) is 10.5. The quantitative estimate of drug-likeness (QED) is 0.106. The Hall–Kier alpha value is -2.12. The van der Waals surface area contributed by atoms with Crippen LogP contribution in [0.2, 0.25) is 0 Å². The number of fused-ring (bicyclic) bond motifs is 2. The minimum Gasteiger partial charge on any atom is -0.638 e. The molecule has 0 saturated carbocycles. The van der Waals surface area contributed by atoms with E-state index < -0.39 is 0 Å². The molecular weight excluding hydrogens is 552 g/mol. The fourth-order valence-corrected chi connectivity index (χ4v) is 8.55. The van der Waals surface area contributed by atoms with Crippen LogP contribution in [0.5, 0.6) is 0 Å². The maximum Gasteiger partial charge on any atom is 0.0849 e. The molecule has 0 aromatic heterocycles. The smallest absolute Gasteiger partial charge is 0.0849 e. The van der Waals surface area contributed by atoms with Crippen LogP contribution in [0, 0.1) is 0 Å². The van der Waals surface area contributed by atoms with Crippen molar-refractivity contribution in [1.29, 1.82) is 0 Å². The SMILES string of the molecule is O=CC(=C1Sc2ccccc2S1)[c-]1[cH-][cH-][cH-][cH-]1.O=CC(=C1Sc2ccccc2S1)[c-]1cccc1.[Fe]. The molecule has 0 bridgehead atoms. The van der Waals surface area contributed by atoms with E-state index in [0.717, 1.165) is 43.3 Å². The van der Waals surface area contributed by atoms with E-state index in [1.807, 2.05) is 72.8 Å². The summed E-state index contributed by atoms with van der Waals surface area (Å²) >= 11 is 6.71. The summed E-state index contributed by atoms with van der Waals surface area (Å²) in [5.74, 6) is 0. The van der Waals surface area contributed by atoms with E-state index in [1.165, 1.54) is 19.6 Å². The van der Waals surface area contributed by atoms with Gasteiger partial charge in [-0.15, -0.1) is 35.7 Å². The van der Waals surface area contributed by atoms with E-state index in [9.17, 15) is 9.59 Å². The molecule has 0 fully saturated rings. The number of benzene rings is 2. The number of hydrogen-bond donors (Lipinski definition) is 0. The van der Waals surface area contributed by atoms with E-state index >= 15 is 0 Å². The summed E-state index contributed by atoms with van der Waals surface area (Å²) in [6.07, 6.45) is 1.91. The zero-order valence-electron chi connectivity index (χ0n) is 18.2. The Morgan fingerprint density at radius 2 is 1.03 bits per heavy atom. The van der Waals surface area contributed by atoms with Gasteiger partial charge in [-0.25, -0.2) is 23.5 Å². The maximum absolute atomic E-state index is 11.3. The molecule has 0 N–H and O–H groups in total. The summed E-state index contributed by atoms with van der Waals surface area (Å²) < 4.78 is 2.15. The normalized spacial score (nSPS) is 13.1. The fraction of sp³-hybridized carbons (Fsp3) is 0. The molecule has 0 unspecified atom stereocenters. The third-order valence-corrected chi connectivity index (χ3v) is 10.3. The van der Waals surface area contributed by atoms with Crippen molar-refractivity contribution in [2.24, 2.45) is 0 Å². The molecule has 7 heteroatoms. The molecule has 4 aromatic rings. The second-order valence-electron chi connectivity index (χ2n) is 7.29. The van der Waals surface area contributed by atoms with Crippen molar-refractivity contribution in [1.82, 2.24) is 0 Å². The van der Waals surface area contributed by atoms with Crippen LogP contribution >= 0.6 is 47.0 Å². The van der Waals surface area contributed by atoms with Crippen molar-refractivity contribution in [3.63, 3.8) is 0 Å². The van der Waals surface area contributed by atoms with Crippen LogP contribution in [-0.2, 0) is 26.7 Å². The van der Waals surface area contributed by atoms with E-state index in [-0.39, 0.29) is 17.1 Å². The van der Waals surface area contributed by atoms with Crippen LogP contribution in [0.4, 0.5) is 0 Å². The zero-order chi connectivity index (χ0) is 23.3. The molecule has 0 atom stereocenters. The van der Waals surface area contributed by atoms with Gasteiger partial charge in [-0.05, 0) is 28.5 Å². The Labute approximate surface area is 232 Å². The molecule has 0 aliphatic carbocycles. The molecule has 2 aliphatic rings. The van der Waals surface area contributed by atoms with Crippen molar-refractivity contribution in [2.45, 2.75) is 19.6 Å². The number of hydrogen-bond acceptors (Lipinski definition) is 6. The minimum atomic E-state index is 0. The predicted molar refractivity (Wildman–Crippen MR) is 146 cm³/mol. The number of thioether (sulfide) groups is 4. The number of carbonyl (C=O) groups excluding carboxylic acids is 2. The van der Waals surface area contributed by atoms with Crippen LogP contribution in [-0.4, -0.2) is 12.6 Å². The molecule has 0 spiro atoms. The van der Waals surface area contributed by atoms with E-state index in [1.54, 1.807) is 47.0 Å². The summed E-state index contributed by atoms with van der Waals surface area (Å²) in [6.45, 7) is 0. The van der Waals surface area contributed by atoms with Gasteiger partial charge in [0.2, 0.25) is 0 Å². The van der Waals surface area contributed by atoms with E-state index in [2.05, 4.69) is 24.3 Å². The Balaban J connectivity index is 0.000000160. The van der Waals surface area contributed by atoms with Crippen LogP contribution in [0.15, 0.2) is 125 Å². The Bertz CT molecular complexity index is 1220. The van der Waals surface area contributed by atoms with Gasteiger partial charge in [0.15, 0.2) is 0 Å². The van der Waals surface area contributed by atoms with Crippen molar-refractivity contribution in [3.05, 3.63) is 117 Å². The van der Waals surface area contributed by atoms with Gasteiger partial charge in [0, 0.05) is 36.7 Å². The fourth-order valence-electron chi connectivity index (χ4n) is 3.47. The molecule has 180 valence electrons. The number of carbonyl (C=O) groups is 2. The second-order valence-corrected chi connectivity index (χ2v) is 12.0. The van der Waals surface area contributed by atoms with Crippen LogP contribution < -0.4 is 0 Å². The van der Waals surface area contributed by atoms with Gasteiger partial charge in [0.1, 0.15) is 0 Å². The molecule has 0 amide bonds. The third-order valence-electron chi connectivity index (χ3n) is 5.13. The van der Waals surface area contributed by atoms with Crippen LogP contribution in [0.1, 0.15) is 11.1 Å². The van der Waals surface area contributed by atoms with Gasteiger partial charge in [0.25, 0.3) is 0 Å². The Morgan fingerprint density at radius 1 is 0.629 bits per heavy atom. The largest absolute Gasteiger partial charge is 0.638 e. The minimum absolute atomic E-state index is 0. The standard InChI is InChI=1S/2C14H9OS2.Fe/c2*15-9-11(10-5-1-2-6-10)14-16-12-7-3-4-8-13(12)17-14;/h2*1-9H;/q-5;-1;. The molecular formula is C28H18FeO2S4-6. The van der Waals surface area contributed by atoms with Gasteiger partial charge in [0.05, 0.1) is 6.29 Å². The third kappa shape index (κ3) is 5.83. The number of allylic oxidation sites excluding steroid dienone is 2. The average molecular weight is 571 g/mol. The van der Waals surface area contributed by atoms with Crippen molar-refractivity contribution < 1.29 is 26.7 Å². The van der Waals surface area contributed by atoms with Crippen molar-refractivity contribution in [3.8, 4) is 0 Å². The molecule has 2 heterocycles. The summed E-state index contributed by atoms with van der Waals surface area (Å²) in [6, 6.07) is 32.2. The molecule has 0 radical (unpaired) electrons. The predicted octanol–water partition coefficient (Wildman–Crippen LogP) is 8.34. The van der Waals surface area contributed by atoms with Gasteiger partial charge in [-0.2, -0.15) is 18.4 Å². The van der Waals surface area contributed by atoms with Crippen molar-refractivity contribution >= 4 is 70.8 Å². The summed E-state index contributed by atoms with van der Waals surface area (Å²) in [4.78, 5) is 27.5. The maximum atomic E-state index is 11.3. The van der Waals surface area contributed by atoms with Gasteiger partial charge < -0.3 is 45.0 Å². The van der Waals surface area contributed by atoms with Gasteiger partial charge in [-0.3, -0.25) is 4.24 Å². The summed E-state index contributed by atoms with van der Waals surface area (Å²) in [5, 5.41) is 0. The average Bonchev–Trinajstić information content (AvgIpc) is 3.67. The number of aldehydes is 2. The summed E-state index contributed by atoms with van der Waals surface area (Å²) in [5.41, 5.74) is 3.59. The van der Waals surface area contributed by atoms with E-state index in [0.29, 0.717) is 0 Å². The monoisotopic (exact) mass is 570 g/mol. The van der Waals surface area contributed by atoms with Gasteiger partial charge >= 0.3 is 0 Å². The molecule has 0 saturated heterocycles. The topological polar surface area (TPSA) is 34.1 Å². The summed E-state index contributed by atoms with van der Waals surface area (Å²) in [7, 11) is 0. The van der Waals surface area contributed by atoms with Gasteiger partial charge in [-0.1, -0.05) is 35.4 Å². The molecule has 2 aliphatic heterocycles.